The average molecular weight is 193 g/mol. The lowest BCUT2D eigenvalue weighted by molar-refractivity contribution is 0.0996. The maximum Gasteiger partial charge on any atom is 0.251 e. The van der Waals surface area contributed by atoms with E-state index in [2.05, 4.69) is 4.98 Å². The summed E-state index contributed by atoms with van der Waals surface area (Å²) in [5.41, 5.74) is 6.06. The second-order valence-corrected chi connectivity index (χ2v) is 3.04. The molecule has 1 aromatic heterocycles. The van der Waals surface area contributed by atoms with E-state index < -0.39 is 11.7 Å². The second-order valence-electron chi connectivity index (χ2n) is 3.04. The smallest absolute Gasteiger partial charge is 0.251 e. The van der Waals surface area contributed by atoms with Gasteiger partial charge < -0.3 is 10.3 Å². The number of primary amides is 1. The zero-order valence-electron chi connectivity index (χ0n) is 7.49. The number of imidazole rings is 1. The Morgan fingerprint density at radius 3 is 2.93 bits per heavy atom. The predicted octanol–water partition coefficient (Wildman–Crippen LogP) is 0.811. The highest BCUT2D eigenvalue weighted by Crippen LogP contribution is 2.17. The molecule has 0 aliphatic carbocycles. The number of aryl methyl sites for hydroxylation is 1. The van der Waals surface area contributed by atoms with Gasteiger partial charge in [0.15, 0.2) is 0 Å². The van der Waals surface area contributed by atoms with E-state index >= 15 is 0 Å². The van der Waals surface area contributed by atoms with E-state index in [0.717, 1.165) is 0 Å². The van der Waals surface area contributed by atoms with Crippen molar-refractivity contribution in [3.05, 3.63) is 29.8 Å². The van der Waals surface area contributed by atoms with E-state index in [1.165, 1.54) is 12.1 Å². The minimum absolute atomic E-state index is 0.129. The Kier molecular flexibility index (Phi) is 1.73. The molecule has 0 bridgehead atoms. The fraction of sp³-hybridized carbons (Fsp3) is 0.111. The van der Waals surface area contributed by atoms with Gasteiger partial charge in [-0.05, 0) is 6.07 Å². The number of fused-ring (bicyclic) bond motifs is 1. The molecule has 1 aromatic carbocycles. The number of nitrogens with two attached hydrogens (primary N) is 1. The van der Waals surface area contributed by atoms with Crippen molar-refractivity contribution in [2.24, 2.45) is 12.8 Å². The molecular formula is C9H8FN3O. The highest BCUT2D eigenvalue weighted by Gasteiger charge is 2.11. The van der Waals surface area contributed by atoms with Crippen LogP contribution in [0.4, 0.5) is 4.39 Å². The molecule has 14 heavy (non-hydrogen) atoms. The van der Waals surface area contributed by atoms with Crippen molar-refractivity contribution in [3.63, 3.8) is 0 Å². The molecule has 1 heterocycles. The highest BCUT2D eigenvalue weighted by atomic mass is 19.1. The predicted molar refractivity (Wildman–Crippen MR) is 49.2 cm³/mol. The molecule has 0 atom stereocenters. The van der Waals surface area contributed by atoms with E-state index in [4.69, 9.17) is 5.73 Å². The molecule has 0 spiro atoms. The Labute approximate surface area is 79.1 Å². The number of amides is 1. The van der Waals surface area contributed by atoms with Crippen LogP contribution in [0.2, 0.25) is 0 Å². The summed E-state index contributed by atoms with van der Waals surface area (Å²) < 4.78 is 15.0. The summed E-state index contributed by atoms with van der Waals surface area (Å²) in [6.45, 7) is 0. The third-order valence-corrected chi connectivity index (χ3v) is 2.08. The molecule has 2 N–H and O–H groups in total. The lowest BCUT2D eigenvalue weighted by atomic mass is 10.2. The quantitative estimate of drug-likeness (QED) is 0.728. The van der Waals surface area contributed by atoms with Crippen LogP contribution in [-0.4, -0.2) is 15.5 Å². The molecule has 1 amide bonds. The number of hydrogen-bond donors (Lipinski definition) is 1. The van der Waals surface area contributed by atoms with Crippen molar-refractivity contribution in [1.29, 1.82) is 0 Å². The van der Waals surface area contributed by atoms with Crippen molar-refractivity contribution < 1.29 is 9.18 Å². The van der Waals surface area contributed by atoms with Crippen LogP contribution < -0.4 is 5.73 Å². The zero-order chi connectivity index (χ0) is 10.3. The molecule has 72 valence electrons. The zero-order valence-corrected chi connectivity index (χ0v) is 7.49. The standard InChI is InChI=1S/C9H8FN3O/c1-13-4-12-7-2-5(9(11)14)6(10)3-8(7)13/h2-4H,1H3,(H2,11,14). The number of benzene rings is 1. The fourth-order valence-electron chi connectivity index (χ4n) is 1.34. The van der Waals surface area contributed by atoms with Crippen LogP contribution in [-0.2, 0) is 7.05 Å². The Balaban J connectivity index is 2.79. The van der Waals surface area contributed by atoms with Crippen LogP contribution in [0, 0.1) is 5.82 Å². The van der Waals surface area contributed by atoms with Gasteiger partial charge in [-0.2, -0.15) is 0 Å². The molecular weight excluding hydrogens is 185 g/mol. The van der Waals surface area contributed by atoms with Gasteiger partial charge in [0, 0.05) is 13.1 Å². The minimum atomic E-state index is -0.782. The molecule has 0 saturated heterocycles. The first kappa shape index (κ1) is 8.68. The monoisotopic (exact) mass is 193 g/mol. The highest BCUT2D eigenvalue weighted by molar-refractivity contribution is 5.96. The van der Waals surface area contributed by atoms with Crippen molar-refractivity contribution in [2.45, 2.75) is 0 Å². The summed E-state index contributed by atoms with van der Waals surface area (Å²) in [7, 11) is 1.75. The van der Waals surface area contributed by atoms with Crippen LogP contribution in [0.1, 0.15) is 10.4 Å². The van der Waals surface area contributed by atoms with Crippen LogP contribution >= 0.6 is 0 Å². The lowest BCUT2D eigenvalue weighted by Gasteiger charge is -1.99. The summed E-state index contributed by atoms with van der Waals surface area (Å²) in [5.74, 6) is -1.40. The fourth-order valence-corrected chi connectivity index (χ4v) is 1.34. The second kappa shape index (κ2) is 2.80. The lowest BCUT2D eigenvalue weighted by Crippen LogP contribution is -2.13. The van der Waals surface area contributed by atoms with Gasteiger partial charge in [0.1, 0.15) is 5.82 Å². The van der Waals surface area contributed by atoms with Gasteiger partial charge in [0.2, 0.25) is 0 Å². The van der Waals surface area contributed by atoms with E-state index in [9.17, 15) is 9.18 Å². The van der Waals surface area contributed by atoms with Gasteiger partial charge in [-0.15, -0.1) is 0 Å². The Hall–Kier alpha value is -1.91. The van der Waals surface area contributed by atoms with Gasteiger partial charge >= 0.3 is 0 Å². The number of aromatic nitrogens is 2. The molecule has 0 unspecified atom stereocenters. The maximum absolute atomic E-state index is 13.3. The number of carbonyl (C=O) groups is 1. The van der Waals surface area contributed by atoms with Crippen molar-refractivity contribution in [2.75, 3.05) is 0 Å². The maximum atomic E-state index is 13.3. The number of rotatable bonds is 1. The van der Waals surface area contributed by atoms with Gasteiger partial charge in [-0.25, -0.2) is 9.37 Å². The number of halogens is 1. The van der Waals surface area contributed by atoms with Crippen molar-refractivity contribution >= 4 is 16.9 Å². The van der Waals surface area contributed by atoms with Gasteiger partial charge in [-0.3, -0.25) is 4.79 Å². The number of nitrogens with zero attached hydrogens (tertiary/aromatic N) is 2. The summed E-state index contributed by atoms with van der Waals surface area (Å²) in [6.07, 6.45) is 1.55. The van der Waals surface area contributed by atoms with E-state index in [1.54, 1.807) is 17.9 Å². The largest absolute Gasteiger partial charge is 0.366 e. The topological polar surface area (TPSA) is 60.9 Å². The summed E-state index contributed by atoms with van der Waals surface area (Å²) in [5, 5.41) is 0. The van der Waals surface area contributed by atoms with Gasteiger partial charge in [-0.1, -0.05) is 0 Å². The summed E-state index contributed by atoms with van der Waals surface area (Å²) in [6, 6.07) is 2.61. The van der Waals surface area contributed by atoms with E-state index in [1.807, 2.05) is 0 Å². The summed E-state index contributed by atoms with van der Waals surface area (Å²) >= 11 is 0. The first-order valence-electron chi connectivity index (χ1n) is 4.00. The third-order valence-electron chi connectivity index (χ3n) is 2.08. The molecule has 5 heteroatoms. The van der Waals surface area contributed by atoms with Crippen molar-refractivity contribution in [1.82, 2.24) is 9.55 Å². The Morgan fingerprint density at radius 2 is 2.29 bits per heavy atom. The number of carbonyl (C=O) groups excluding carboxylic acids is 1. The minimum Gasteiger partial charge on any atom is -0.366 e. The van der Waals surface area contributed by atoms with E-state index in [-0.39, 0.29) is 5.56 Å². The molecule has 2 rings (SSSR count). The van der Waals surface area contributed by atoms with Crippen LogP contribution in [0.5, 0.6) is 0 Å². The van der Waals surface area contributed by atoms with Crippen LogP contribution in [0.15, 0.2) is 18.5 Å². The first-order chi connectivity index (χ1) is 6.59. The summed E-state index contributed by atoms with van der Waals surface area (Å²) in [4.78, 5) is 14.8. The first-order valence-corrected chi connectivity index (χ1v) is 4.00. The Bertz CT molecular complexity index is 518. The molecule has 0 aliphatic rings. The van der Waals surface area contributed by atoms with Gasteiger partial charge in [0.25, 0.3) is 5.91 Å². The van der Waals surface area contributed by atoms with E-state index in [0.29, 0.717) is 11.0 Å². The molecule has 4 nitrogen and oxygen atoms in total. The Morgan fingerprint density at radius 1 is 1.57 bits per heavy atom. The number of hydrogen-bond acceptors (Lipinski definition) is 2. The average Bonchev–Trinajstić information content (AvgIpc) is 2.46. The molecule has 0 fully saturated rings. The molecule has 0 aliphatic heterocycles. The van der Waals surface area contributed by atoms with Crippen LogP contribution in [0.3, 0.4) is 0 Å². The normalized spacial score (nSPS) is 10.7. The molecule has 2 aromatic rings. The van der Waals surface area contributed by atoms with Gasteiger partial charge in [0.05, 0.1) is 22.9 Å². The third kappa shape index (κ3) is 1.14. The SMILES string of the molecule is Cn1cnc2cc(C(N)=O)c(F)cc21. The van der Waals surface area contributed by atoms with Crippen molar-refractivity contribution in [3.8, 4) is 0 Å². The molecule has 0 saturated carbocycles. The molecule has 0 radical (unpaired) electrons. The van der Waals surface area contributed by atoms with Crippen LogP contribution in [0.25, 0.3) is 11.0 Å².